The van der Waals surface area contributed by atoms with E-state index in [4.69, 9.17) is 9.84 Å². The number of aromatic hydroxyl groups is 4. The Morgan fingerprint density at radius 2 is 1.52 bits per heavy atom. The van der Waals surface area contributed by atoms with Crippen molar-refractivity contribution in [3.63, 3.8) is 0 Å². The average molecular weight is 551 g/mol. The molecule has 40 heavy (non-hydrogen) atoms. The van der Waals surface area contributed by atoms with E-state index >= 15 is 0 Å². The quantitative estimate of drug-likeness (QED) is 0.168. The number of aromatic carboxylic acids is 1. The lowest BCUT2D eigenvalue weighted by molar-refractivity contribution is 0.0192. The van der Waals surface area contributed by atoms with E-state index in [0.717, 1.165) is 18.2 Å². The Kier molecular flexibility index (Phi) is 8.20. The number of benzene rings is 3. The van der Waals surface area contributed by atoms with Crippen LogP contribution in [0.3, 0.4) is 0 Å². The minimum absolute atomic E-state index is 0.0173. The highest BCUT2D eigenvalue weighted by Gasteiger charge is 2.32. The van der Waals surface area contributed by atoms with Crippen LogP contribution in [-0.2, 0) is 4.74 Å². The molecule has 0 saturated carbocycles. The van der Waals surface area contributed by atoms with Crippen molar-refractivity contribution >= 4 is 23.6 Å². The predicted octanol–water partition coefficient (Wildman–Crippen LogP) is 2.15. The number of carboxylic acids is 1. The van der Waals surface area contributed by atoms with Crippen molar-refractivity contribution in [2.24, 2.45) is 0 Å². The van der Waals surface area contributed by atoms with E-state index in [1.54, 1.807) is 0 Å². The van der Waals surface area contributed by atoms with Crippen LogP contribution in [0.25, 0.3) is 0 Å². The summed E-state index contributed by atoms with van der Waals surface area (Å²) in [4.78, 5) is 50.7. The maximum Gasteiger partial charge on any atom is 0.338 e. The van der Waals surface area contributed by atoms with E-state index < -0.39 is 69.7 Å². The molecule has 0 aliphatic carbocycles. The fourth-order valence-corrected chi connectivity index (χ4v) is 4.41. The predicted molar refractivity (Wildman–Crippen MR) is 139 cm³/mol. The smallest absolute Gasteiger partial charge is 0.338 e. The van der Waals surface area contributed by atoms with Gasteiger partial charge in [0.25, 0.3) is 5.91 Å². The summed E-state index contributed by atoms with van der Waals surface area (Å²) in [7, 11) is 0. The molecular weight excluding hydrogens is 524 g/mol. The Bertz CT molecular complexity index is 1450. The van der Waals surface area contributed by atoms with Gasteiger partial charge < -0.3 is 40.9 Å². The van der Waals surface area contributed by atoms with Gasteiger partial charge in [-0.15, -0.1) is 0 Å². The van der Waals surface area contributed by atoms with Gasteiger partial charge in [-0.2, -0.15) is 0 Å². The first-order chi connectivity index (χ1) is 19.1. The van der Waals surface area contributed by atoms with Crippen LogP contribution in [0.5, 0.6) is 23.0 Å². The zero-order valence-electron chi connectivity index (χ0n) is 21.0. The van der Waals surface area contributed by atoms with Gasteiger partial charge in [-0.25, -0.2) is 9.59 Å². The molecule has 0 bridgehead atoms. The third-order valence-electron chi connectivity index (χ3n) is 6.42. The highest BCUT2D eigenvalue weighted by molar-refractivity contribution is 6.19. The highest BCUT2D eigenvalue weighted by Crippen LogP contribution is 2.34. The van der Waals surface area contributed by atoms with Gasteiger partial charge in [-0.05, 0) is 67.9 Å². The molecule has 12 nitrogen and oxygen atoms in total. The van der Waals surface area contributed by atoms with Gasteiger partial charge in [0.2, 0.25) is 5.78 Å². The van der Waals surface area contributed by atoms with Gasteiger partial charge >= 0.3 is 11.9 Å². The summed E-state index contributed by atoms with van der Waals surface area (Å²) in [5.41, 5.74) is -1.80. The van der Waals surface area contributed by atoms with Crippen LogP contribution in [0, 0.1) is 0 Å². The maximum absolute atomic E-state index is 13.4. The number of hydrogen-bond acceptors (Lipinski definition) is 10. The van der Waals surface area contributed by atoms with Crippen molar-refractivity contribution in [2.75, 3.05) is 13.1 Å². The minimum atomic E-state index is -1.45. The number of carboxylic acid groups (broad SMARTS) is 1. The molecule has 1 saturated heterocycles. The highest BCUT2D eigenvalue weighted by atomic mass is 16.5. The van der Waals surface area contributed by atoms with Crippen LogP contribution in [0.4, 0.5) is 0 Å². The molecule has 2 atom stereocenters. The molecule has 1 heterocycles. The van der Waals surface area contributed by atoms with E-state index in [2.05, 4.69) is 10.6 Å². The van der Waals surface area contributed by atoms with E-state index in [0.29, 0.717) is 19.4 Å². The van der Waals surface area contributed by atoms with Crippen LogP contribution < -0.4 is 10.6 Å². The lowest BCUT2D eigenvalue weighted by Gasteiger charge is -2.26. The van der Waals surface area contributed by atoms with Crippen molar-refractivity contribution in [2.45, 2.75) is 25.0 Å². The molecule has 3 aromatic rings. The number of carbonyl (C=O) groups is 4. The minimum Gasteiger partial charge on any atom is -0.508 e. The molecular formula is C28H26N2O10. The number of hydrogen-bond donors (Lipinski definition) is 7. The number of phenols is 4. The third-order valence-corrected chi connectivity index (χ3v) is 6.42. The molecule has 208 valence electrons. The van der Waals surface area contributed by atoms with Gasteiger partial charge in [0.1, 0.15) is 34.7 Å². The lowest BCUT2D eigenvalue weighted by Crippen LogP contribution is -2.49. The number of carbonyl (C=O) groups excluding carboxylic acids is 3. The fraction of sp³-hybridized carbons (Fsp3) is 0.214. The van der Waals surface area contributed by atoms with Crippen LogP contribution >= 0.6 is 0 Å². The Labute approximate surface area is 227 Å². The molecule has 0 radical (unpaired) electrons. The molecule has 0 aromatic heterocycles. The number of nitrogens with one attached hydrogen (secondary N) is 2. The summed E-state index contributed by atoms with van der Waals surface area (Å²) in [5, 5.41) is 55.6. The Morgan fingerprint density at radius 1 is 0.850 bits per heavy atom. The summed E-state index contributed by atoms with van der Waals surface area (Å²) in [5.74, 6) is -6.38. The van der Waals surface area contributed by atoms with Gasteiger partial charge in [-0.1, -0.05) is 6.07 Å². The van der Waals surface area contributed by atoms with Gasteiger partial charge in [0.15, 0.2) is 0 Å². The first-order valence-electron chi connectivity index (χ1n) is 12.2. The van der Waals surface area contributed by atoms with Crippen molar-refractivity contribution in [1.82, 2.24) is 10.6 Å². The zero-order chi connectivity index (χ0) is 29.0. The van der Waals surface area contributed by atoms with E-state index in [-0.39, 0.29) is 23.4 Å². The standard InChI is InChI=1S/C28H26N2O10/c31-16-8-6-14(7-9-16)28(39)40-22-5-2-10-29-13-18(22)30-26(36)17-3-1-4-19(32)23(17)25(35)24-20(33)11-15(27(37)38)12-21(24)34/h1,3-4,6-9,11-12,18,22,29,31-34H,2,5,10,13H2,(H,30,36)(H,37,38)/t18-,22-/m1/s1. The van der Waals surface area contributed by atoms with Crippen LogP contribution in [-0.4, -0.2) is 74.4 Å². The molecule has 0 spiro atoms. The number of esters is 1. The van der Waals surface area contributed by atoms with Crippen LogP contribution in [0.15, 0.2) is 54.6 Å². The largest absolute Gasteiger partial charge is 0.508 e. The molecule has 1 amide bonds. The van der Waals surface area contributed by atoms with Crippen LogP contribution in [0.1, 0.15) is 59.8 Å². The Balaban J connectivity index is 1.61. The average Bonchev–Trinajstić information content (AvgIpc) is 3.12. The second kappa shape index (κ2) is 11.7. The molecule has 3 aromatic carbocycles. The molecule has 0 unspecified atom stereocenters. The normalized spacial score (nSPS) is 16.9. The second-order valence-corrected chi connectivity index (χ2v) is 9.14. The first-order valence-corrected chi connectivity index (χ1v) is 12.2. The van der Waals surface area contributed by atoms with Crippen molar-refractivity contribution in [3.8, 4) is 23.0 Å². The summed E-state index contributed by atoms with van der Waals surface area (Å²) in [6, 6.07) is 9.99. The zero-order valence-corrected chi connectivity index (χ0v) is 21.0. The number of rotatable bonds is 7. The van der Waals surface area contributed by atoms with E-state index in [1.165, 1.54) is 36.4 Å². The molecule has 1 fully saturated rings. The monoisotopic (exact) mass is 550 g/mol. The number of ether oxygens (including phenoxy) is 1. The third kappa shape index (κ3) is 5.97. The summed E-state index contributed by atoms with van der Waals surface area (Å²) in [6.07, 6.45) is 0.291. The number of ketones is 1. The van der Waals surface area contributed by atoms with E-state index in [9.17, 15) is 39.6 Å². The van der Waals surface area contributed by atoms with Crippen molar-refractivity contribution in [3.05, 3.63) is 82.4 Å². The Hall–Kier alpha value is -5.10. The maximum atomic E-state index is 13.4. The topological polar surface area (TPSA) is 203 Å². The fourth-order valence-electron chi connectivity index (χ4n) is 4.41. The molecule has 1 aliphatic heterocycles. The summed E-state index contributed by atoms with van der Waals surface area (Å²) >= 11 is 0. The number of phenolic OH excluding ortho intramolecular Hbond substituents is 4. The molecule has 4 rings (SSSR count). The Morgan fingerprint density at radius 3 is 2.17 bits per heavy atom. The first kappa shape index (κ1) is 27.9. The lowest BCUT2D eigenvalue weighted by atomic mass is 9.94. The molecule has 12 heteroatoms. The molecule has 7 N–H and O–H groups in total. The summed E-state index contributed by atoms with van der Waals surface area (Å²) in [6.45, 7) is 0.819. The van der Waals surface area contributed by atoms with Gasteiger partial charge in [0, 0.05) is 6.54 Å². The SMILES string of the molecule is O=C(O)c1cc(O)c(C(=O)c2c(O)cccc2C(=O)N[C@@H]2CNCCC[C@H]2OC(=O)c2ccc(O)cc2)c(O)c1. The second-order valence-electron chi connectivity index (χ2n) is 9.14. The van der Waals surface area contributed by atoms with Crippen molar-refractivity contribution < 1.29 is 49.4 Å². The summed E-state index contributed by atoms with van der Waals surface area (Å²) < 4.78 is 5.67. The van der Waals surface area contributed by atoms with Crippen molar-refractivity contribution in [1.29, 1.82) is 0 Å². The molecule has 1 aliphatic rings. The number of amides is 1. The van der Waals surface area contributed by atoms with Crippen LogP contribution in [0.2, 0.25) is 0 Å². The van der Waals surface area contributed by atoms with E-state index in [1.807, 2.05) is 0 Å². The van der Waals surface area contributed by atoms with Gasteiger partial charge in [-0.3, -0.25) is 9.59 Å². The van der Waals surface area contributed by atoms with Gasteiger partial charge in [0.05, 0.1) is 28.3 Å².